The molecule has 0 heterocycles. The van der Waals surface area contributed by atoms with Crippen LogP contribution in [0.1, 0.15) is 12.8 Å². The summed E-state index contributed by atoms with van der Waals surface area (Å²) in [6.45, 7) is 3.26. The first-order chi connectivity index (χ1) is 8.10. The highest BCUT2D eigenvalue weighted by atomic mass is 35.5. The molecule has 0 fully saturated rings. The van der Waals surface area contributed by atoms with E-state index in [0.717, 1.165) is 0 Å². The lowest BCUT2D eigenvalue weighted by Crippen LogP contribution is -2.28. The van der Waals surface area contributed by atoms with Crippen LogP contribution in [0.25, 0.3) is 0 Å². The molecule has 0 aliphatic heterocycles. The SMILES string of the molecule is C#CCOC(=O)[C@H]1CC(Cl)=C([OH+]C=C)C(F)C1. The van der Waals surface area contributed by atoms with Crippen molar-refractivity contribution >= 4 is 17.6 Å². The number of aliphatic hydroxyl groups is 2. The third kappa shape index (κ3) is 3.50. The van der Waals surface area contributed by atoms with Gasteiger partial charge < -0.3 is 9.47 Å². The molecule has 2 atom stereocenters. The maximum Gasteiger partial charge on any atom is 0.310 e. The summed E-state index contributed by atoms with van der Waals surface area (Å²) in [5.74, 6) is 1.19. The van der Waals surface area contributed by atoms with Crippen molar-refractivity contribution in [3.63, 3.8) is 0 Å². The van der Waals surface area contributed by atoms with Crippen LogP contribution in [0.3, 0.4) is 0 Å². The van der Waals surface area contributed by atoms with Crippen molar-refractivity contribution < 1.29 is 18.7 Å². The Labute approximate surface area is 104 Å². The Morgan fingerprint density at radius 2 is 2.53 bits per heavy atom. The summed E-state index contributed by atoms with van der Waals surface area (Å²) < 4.78 is 22.2. The van der Waals surface area contributed by atoms with E-state index in [1.54, 1.807) is 0 Å². The first-order valence-corrected chi connectivity index (χ1v) is 5.42. The van der Waals surface area contributed by atoms with Crippen LogP contribution < -0.4 is 0 Å². The number of carbonyl (C=O) groups is 1. The molecule has 92 valence electrons. The van der Waals surface area contributed by atoms with E-state index in [9.17, 15) is 9.18 Å². The van der Waals surface area contributed by atoms with Crippen molar-refractivity contribution in [2.24, 2.45) is 5.92 Å². The number of alkyl halides is 1. The van der Waals surface area contributed by atoms with Gasteiger partial charge in [0.05, 0.1) is 5.92 Å². The Kier molecular flexibility index (Phi) is 5.05. The molecule has 1 unspecified atom stereocenters. The number of terminal acetylenes is 1. The van der Waals surface area contributed by atoms with E-state index >= 15 is 0 Å². The zero-order valence-corrected chi connectivity index (χ0v) is 9.91. The zero-order chi connectivity index (χ0) is 12.8. The number of allylic oxidation sites excluding steroid dienone is 2. The Morgan fingerprint density at radius 3 is 3.06 bits per heavy atom. The highest BCUT2D eigenvalue weighted by molar-refractivity contribution is 6.30. The van der Waals surface area contributed by atoms with Crippen LogP contribution in [-0.2, 0) is 9.53 Å². The molecule has 0 saturated carbocycles. The fourth-order valence-electron chi connectivity index (χ4n) is 1.60. The summed E-state index contributed by atoms with van der Waals surface area (Å²) >= 11 is 5.88. The number of halogens is 2. The van der Waals surface area contributed by atoms with Gasteiger partial charge >= 0.3 is 5.97 Å². The lowest BCUT2D eigenvalue weighted by Gasteiger charge is -2.22. The van der Waals surface area contributed by atoms with Crippen LogP contribution in [0.15, 0.2) is 23.6 Å². The molecular weight excluding hydrogens is 247 g/mol. The van der Waals surface area contributed by atoms with Crippen LogP contribution in [0.2, 0.25) is 0 Å². The van der Waals surface area contributed by atoms with Crippen LogP contribution in [0, 0.1) is 18.3 Å². The lowest BCUT2D eigenvalue weighted by molar-refractivity contribution is -0.148. The predicted molar refractivity (Wildman–Crippen MR) is 63.1 cm³/mol. The molecule has 1 N–H and O–H groups in total. The second-order valence-electron chi connectivity index (χ2n) is 3.52. The molecule has 1 aliphatic rings. The molecular formula is C12H13ClFO3+. The largest absolute Gasteiger partial charge is 0.552 e. The molecule has 17 heavy (non-hydrogen) atoms. The topological polar surface area (TPSA) is 39.1 Å². The van der Waals surface area contributed by atoms with Crippen LogP contribution >= 0.6 is 11.6 Å². The maximum absolute atomic E-state index is 13.7. The minimum atomic E-state index is -1.38. The van der Waals surface area contributed by atoms with Crippen molar-refractivity contribution in [1.82, 2.24) is 0 Å². The molecule has 0 aromatic heterocycles. The van der Waals surface area contributed by atoms with Gasteiger partial charge in [0, 0.05) is 12.8 Å². The normalized spacial score (nSPS) is 23.8. The molecule has 5 heteroatoms. The molecule has 3 nitrogen and oxygen atoms in total. The molecule has 0 radical (unpaired) electrons. The second kappa shape index (κ2) is 6.31. The van der Waals surface area contributed by atoms with Gasteiger partial charge in [-0.2, -0.15) is 0 Å². The standard InChI is InChI=1S/C12H12ClFO3/c1-3-5-17-12(15)8-6-9(13)11(16-4-2)10(14)7-8/h1,4,8,10H,2,5-7H2/p+1/t8-,10?/m0/s1. The number of hydrogen-bond donors (Lipinski definition) is 0. The number of rotatable bonds is 4. The van der Waals surface area contributed by atoms with E-state index in [4.69, 9.17) is 22.8 Å². The highest BCUT2D eigenvalue weighted by Crippen LogP contribution is 2.34. The van der Waals surface area contributed by atoms with Crippen molar-refractivity contribution in [1.29, 1.82) is 0 Å². The maximum atomic E-state index is 13.7. The monoisotopic (exact) mass is 259 g/mol. The molecule has 0 saturated heterocycles. The van der Waals surface area contributed by atoms with E-state index in [-0.39, 0.29) is 30.2 Å². The van der Waals surface area contributed by atoms with Crippen LogP contribution in [-0.4, -0.2) is 23.5 Å². The quantitative estimate of drug-likeness (QED) is 0.337. The fourth-order valence-corrected chi connectivity index (χ4v) is 1.95. The Hall–Kier alpha value is -1.47. The fraction of sp³-hybridized carbons (Fsp3) is 0.417. The Balaban J connectivity index is 2.69. The smallest absolute Gasteiger partial charge is 0.310 e. The predicted octanol–water partition coefficient (Wildman–Crippen LogP) is 2.60. The zero-order valence-electron chi connectivity index (χ0n) is 9.16. The third-order valence-corrected chi connectivity index (χ3v) is 2.70. The minimum Gasteiger partial charge on any atom is -0.552 e. The summed E-state index contributed by atoms with van der Waals surface area (Å²) in [5, 5.41) is 0.228. The van der Waals surface area contributed by atoms with E-state index in [2.05, 4.69) is 17.2 Å². The third-order valence-electron chi connectivity index (χ3n) is 2.35. The Bertz CT molecular complexity index is 384. The van der Waals surface area contributed by atoms with Gasteiger partial charge in [-0.15, -0.1) is 6.42 Å². The van der Waals surface area contributed by atoms with E-state index in [1.807, 2.05) is 0 Å². The molecule has 0 aromatic rings. The van der Waals surface area contributed by atoms with Crippen molar-refractivity contribution in [2.45, 2.75) is 19.0 Å². The summed E-state index contributed by atoms with van der Waals surface area (Å²) in [6.07, 6.45) is 5.03. The average Bonchev–Trinajstić information content (AvgIpc) is 2.30. The molecule has 0 bridgehead atoms. The van der Waals surface area contributed by atoms with Crippen LogP contribution in [0.4, 0.5) is 4.39 Å². The Morgan fingerprint density at radius 1 is 1.82 bits per heavy atom. The van der Waals surface area contributed by atoms with Gasteiger partial charge in [-0.3, -0.25) is 4.79 Å². The molecule has 1 aliphatic carbocycles. The number of ether oxygens (including phenoxy) is 2. The van der Waals surface area contributed by atoms with Gasteiger partial charge in [-0.1, -0.05) is 17.5 Å². The van der Waals surface area contributed by atoms with Gasteiger partial charge in [-0.25, -0.2) is 4.39 Å². The molecule has 0 spiro atoms. The van der Waals surface area contributed by atoms with Gasteiger partial charge in [0.25, 0.3) is 5.76 Å². The number of esters is 1. The summed E-state index contributed by atoms with van der Waals surface area (Å²) in [4.78, 5) is 11.5. The summed E-state index contributed by atoms with van der Waals surface area (Å²) in [7, 11) is 0. The second-order valence-corrected chi connectivity index (χ2v) is 3.97. The van der Waals surface area contributed by atoms with E-state index in [0.29, 0.717) is 0 Å². The minimum absolute atomic E-state index is 0.00625. The first kappa shape index (κ1) is 13.6. The summed E-state index contributed by atoms with van der Waals surface area (Å²) in [5.41, 5.74) is 0. The highest BCUT2D eigenvalue weighted by Gasteiger charge is 2.37. The van der Waals surface area contributed by atoms with Gasteiger partial charge in [-0.05, 0) is 6.58 Å². The lowest BCUT2D eigenvalue weighted by atomic mass is 9.92. The van der Waals surface area contributed by atoms with Crippen molar-refractivity contribution in [3.8, 4) is 12.3 Å². The summed E-state index contributed by atoms with van der Waals surface area (Å²) in [6, 6.07) is 0. The van der Waals surface area contributed by atoms with E-state index < -0.39 is 18.1 Å². The number of hydrogen-bond acceptors (Lipinski definition) is 2. The molecule has 0 amide bonds. The first-order valence-electron chi connectivity index (χ1n) is 5.04. The molecule has 0 aromatic carbocycles. The van der Waals surface area contributed by atoms with Gasteiger partial charge in [0.1, 0.15) is 5.03 Å². The van der Waals surface area contributed by atoms with Crippen molar-refractivity contribution in [2.75, 3.05) is 6.61 Å². The average molecular weight is 260 g/mol. The molecule has 1 rings (SSSR count). The van der Waals surface area contributed by atoms with Gasteiger partial charge in [0.15, 0.2) is 6.61 Å². The number of carbonyl (C=O) groups excluding carboxylic acids is 1. The van der Waals surface area contributed by atoms with E-state index in [1.165, 1.54) is 6.26 Å². The van der Waals surface area contributed by atoms with Crippen molar-refractivity contribution in [3.05, 3.63) is 23.6 Å². The van der Waals surface area contributed by atoms with Gasteiger partial charge in [0.2, 0.25) is 12.4 Å². The van der Waals surface area contributed by atoms with Crippen LogP contribution in [0.5, 0.6) is 0 Å².